The summed E-state index contributed by atoms with van der Waals surface area (Å²) in [6.45, 7) is 1.66. The molecule has 0 saturated carbocycles. The minimum atomic E-state index is -1.02. The summed E-state index contributed by atoms with van der Waals surface area (Å²) in [7, 11) is 0. The van der Waals surface area contributed by atoms with Crippen LogP contribution in [-0.4, -0.2) is 37.5 Å². The highest BCUT2D eigenvalue weighted by Gasteiger charge is 2.15. The van der Waals surface area contributed by atoms with Crippen LogP contribution >= 0.6 is 0 Å². The van der Waals surface area contributed by atoms with Crippen LogP contribution in [0.2, 0.25) is 0 Å². The Morgan fingerprint density at radius 1 is 1.27 bits per heavy atom. The van der Waals surface area contributed by atoms with E-state index >= 15 is 0 Å². The molecular weight excluding hydrogens is 334 g/mol. The van der Waals surface area contributed by atoms with E-state index in [1.807, 2.05) is 6.07 Å². The van der Waals surface area contributed by atoms with Crippen LogP contribution in [0.1, 0.15) is 27.8 Å². The molecule has 0 aliphatic heterocycles. The summed E-state index contributed by atoms with van der Waals surface area (Å²) < 4.78 is 0. The maximum Gasteiger partial charge on any atom is 0.254 e. The van der Waals surface area contributed by atoms with Gasteiger partial charge in [0, 0.05) is 42.5 Å². The summed E-state index contributed by atoms with van der Waals surface area (Å²) in [5.74, 6) is 0.0756. The van der Waals surface area contributed by atoms with Gasteiger partial charge in [0.15, 0.2) is 5.82 Å². The summed E-state index contributed by atoms with van der Waals surface area (Å²) in [5, 5.41) is 12.7. The van der Waals surface area contributed by atoms with Gasteiger partial charge in [-0.1, -0.05) is 6.07 Å². The molecular formula is C18H17N5O3. The van der Waals surface area contributed by atoms with Gasteiger partial charge in [-0.15, -0.1) is 0 Å². The molecule has 3 aromatic heterocycles. The molecule has 0 radical (unpaired) electrons. The second-order valence-corrected chi connectivity index (χ2v) is 5.63. The highest BCUT2D eigenvalue weighted by atomic mass is 16.3. The number of nitrogens with one attached hydrogen (secondary N) is 2. The van der Waals surface area contributed by atoms with E-state index in [-0.39, 0.29) is 12.1 Å². The fraction of sp³-hybridized carbons (Fsp3) is 0.167. The van der Waals surface area contributed by atoms with Gasteiger partial charge >= 0.3 is 0 Å². The Morgan fingerprint density at radius 2 is 2.12 bits per heavy atom. The van der Waals surface area contributed by atoms with E-state index in [0.29, 0.717) is 22.8 Å². The minimum Gasteiger partial charge on any atom is -0.385 e. The van der Waals surface area contributed by atoms with Crippen LogP contribution in [0.4, 0.5) is 0 Å². The van der Waals surface area contributed by atoms with Gasteiger partial charge in [-0.25, -0.2) is 9.97 Å². The monoisotopic (exact) mass is 351 g/mol. The largest absolute Gasteiger partial charge is 0.385 e. The van der Waals surface area contributed by atoms with Crippen molar-refractivity contribution in [2.45, 2.75) is 13.0 Å². The molecule has 3 heterocycles. The number of hydrogen-bond acceptors (Lipinski definition) is 6. The normalized spacial score (nSPS) is 11.8. The Morgan fingerprint density at radius 3 is 2.81 bits per heavy atom. The van der Waals surface area contributed by atoms with Crippen LogP contribution in [-0.2, 0) is 0 Å². The molecule has 0 spiro atoms. The first-order valence-corrected chi connectivity index (χ1v) is 7.94. The molecule has 0 bridgehead atoms. The zero-order chi connectivity index (χ0) is 18.5. The molecule has 1 atom stereocenters. The van der Waals surface area contributed by atoms with Gasteiger partial charge in [0.25, 0.3) is 5.91 Å². The molecule has 0 saturated heterocycles. The summed E-state index contributed by atoms with van der Waals surface area (Å²) in [5.41, 5.74) is 1.59. The van der Waals surface area contributed by atoms with Gasteiger partial charge in [0.1, 0.15) is 6.10 Å². The lowest BCUT2D eigenvalue weighted by atomic mass is 10.2. The summed E-state index contributed by atoms with van der Waals surface area (Å²) in [4.78, 5) is 38.7. The van der Waals surface area contributed by atoms with E-state index in [9.17, 15) is 14.7 Å². The number of pyridine rings is 2. The standard InChI is InChI=1S/C18H17N5O3/c1-11-13(9-20-17(22-11)12-4-3-7-19-8-12)18(26)21-10-15(24)14-5-2-6-16(25)23-14/h2-9,15,24H,10H2,1H3,(H,21,26)(H,23,25). The van der Waals surface area contributed by atoms with Crippen molar-refractivity contribution in [1.82, 2.24) is 25.3 Å². The Kier molecular flexibility index (Phi) is 5.14. The number of aryl methyl sites for hydroxylation is 1. The molecule has 3 rings (SSSR count). The highest BCUT2D eigenvalue weighted by molar-refractivity contribution is 5.95. The van der Waals surface area contributed by atoms with Gasteiger partial charge in [0.2, 0.25) is 5.56 Å². The molecule has 132 valence electrons. The third kappa shape index (κ3) is 3.98. The molecule has 0 aliphatic rings. The maximum absolute atomic E-state index is 12.3. The van der Waals surface area contributed by atoms with Crippen molar-refractivity contribution in [3.05, 3.63) is 76.2 Å². The van der Waals surface area contributed by atoms with Crippen LogP contribution in [0.15, 0.2) is 53.7 Å². The van der Waals surface area contributed by atoms with E-state index in [1.165, 1.54) is 18.3 Å². The van der Waals surface area contributed by atoms with E-state index < -0.39 is 12.0 Å². The van der Waals surface area contributed by atoms with E-state index in [4.69, 9.17) is 0 Å². The van der Waals surface area contributed by atoms with Gasteiger partial charge in [-0.3, -0.25) is 14.6 Å². The SMILES string of the molecule is Cc1nc(-c2cccnc2)ncc1C(=O)NCC(O)c1cccc(=O)[nH]1. The number of aromatic nitrogens is 4. The van der Waals surface area contributed by atoms with Crippen molar-refractivity contribution in [3.63, 3.8) is 0 Å². The maximum atomic E-state index is 12.3. The number of hydrogen-bond donors (Lipinski definition) is 3. The molecule has 1 amide bonds. The fourth-order valence-electron chi connectivity index (χ4n) is 2.38. The number of aromatic amines is 1. The lowest BCUT2D eigenvalue weighted by Gasteiger charge is -2.12. The molecule has 8 heteroatoms. The van der Waals surface area contributed by atoms with Crippen molar-refractivity contribution in [2.24, 2.45) is 0 Å². The first kappa shape index (κ1) is 17.4. The van der Waals surface area contributed by atoms with Gasteiger partial charge in [-0.2, -0.15) is 0 Å². The molecule has 3 N–H and O–H groups in total. The summed E-state index contributed by atoms with van der Waals surface area (Å²) in [6, 6.07) is 8.07. The first-order valence-electron chi connectivity index (χ1n) is 7.94. The number of aliphatic hydroxyl groups is 1. The second-order valence-electron chi connectivity index (χ2n) is 5.63. The zero-order valence-corrected chi connectivity index (χ0v) is 14.0. The van der Waals surface area contributed by atoms with Crippen molar-refractivity contribution in [1.29, 1.82) is 0 Å². The number of aliphatic hydroxyl groups excluding tert-OH is 1. The minimum absolute atomic E-state index is 0.0530. The molecule has 0 aromatic carbocycles. The van der Waals surface area contributed by atoms with Crippen molar-refractivity contribution >= 4 is 5.91 Å². The lowest BCUT2D eigenvalue weighted by Crippen LogP contribution is -2.30. The lowest BCUT2D eigenvalue weighted by molar-refractivity contribution is 0.0912. The van der Waals surface area contributed by atoms with Crippen LogP contribution in [0.25, 0.3) is 11.4 Å². The second kappa shape index (κ2) is 7.66. The predicted molar refractivity (Wildman–Crippen MR) is 94.4 cm³/mol. The third-order valence-corrected chi connectivity index (χ3v) is 3.75. The number of amides is 1. The number of carbonyl (C=O) groups is 1. The van der Waals surface area contributed by atoms with Gasteiger partial charge < -0.3 is 15.4 Å². The van der Waals surface area contributed by atoms with E-state index in [2.05, 4.69) is 25.3 Å². The van der Waals surface area contributed by atoms with Gasteiger partial charge in [0.05, 0.1) is 11.3 Å². The Balaban J connectivity index is 1.69. The number of H-pyrrole nitrogens is 1. The van der Waals surface area contributed by atoms with E-state index in [0.717, 1.165) is 5.56 Å². The topological polar surface area (TPSA) is 121 Å². The predicted octanol–water partition coefficient (Wildman–Crippen LogP) is 0.999. The Labute approximate surface area is 149 Å². The van der Waals surface area contributed by atoms with Crippen LogP contribution in [0.3, 0.4) is 0 Å². The number of nitrogens with zero attached hydrogens (tertiary/aromatic N) is 3. The smallest absolute Gasteiger partial charge is 0.254 e. The first-order chi connectivity index (χ1) is 12.5. The molecule has 3 aromatic rings. The average molecular weight is 351 g/mol. The molecule has 1 unspecified atom stereocenters. The van der Waals surface area contributed by atoms with E-state index in [1.54, 1.807) is 31.5 Å². The van der Waals surface area contributed by atoms with Gasteiger partial charge in [-0.05, 0) is 25.1 Å². The Hall–Kier alpha value is -3.39. The summed E-state index contributed by atoms with van der Waals surface area (Å²) in [6.07, 6.45) is 3.72. The van der Waals surface area contributed by atoms with Crippen molar-refractivity contribution < 1.29 is 9.90 Å². The summed E-state index contributed by atoms with van der Waals surface area (Å²) >= 11 is 0. The fourth-order valence-corrected chi connectivity index (χ4v) is 2.38. The van der Waals surface area contributed by atoms with Crippen molar-refractivity contribution in [2.75, 3.05) is 6.54 Å². The van der Waals surface area contributed by atoms with Crippen LogP contribution in [0.5, 0.6) is 0 Å². The third-order valence-electron chi connectivity index (χ3n) is 3.75. The number of rotatable bonds is 5. The number of carbonyl (C=O) groups excluding carboxylic acids is 1. The average Bonchev–Trinajstić information content (AvgIpc) is 2.66. The molecule has 8 nitrogen and oxygen atoms in total. The van der Waals surface area contributed by atoms with Crippen LogP contribution < -0.4 is 10.9 Å². The quantitative estimate of drug-likeness (QED) is 0.630. The Bertz CT molecular complexity index is 972. The molecule has 26 heavy (non-hydrogen) atoms. The van der Waals surface area contributed by atoms with Crippen molar-refractivity contribution in [3.8, 4) is 11.4 Å². The highest BCUT2D eigenvalue weighted by Crippen LogP contribution is 2.15. The zero-order valence-electron chi connectivity index (χ0n) is 14.0. The molecule has 0 fully saturated rings. The molecule has 0 aliphatic carbocycles. The van der Waals surface area contributed by atoms with Crippen LogP contribution in [0, 0.1) is 6.92 Å².